The van der Waals surface area contributed by atoms with Gasteiger partial charge >= 0.3 is 0 Å². The molecular weight excluding hydrogens is 483 g/mol. The van der Waals surface area contributed by atoms with Gasteiger partial charge in [-0.25, -0.2) is 4.99 Å². The van der Waals surface area contributed by atoms with Gasteiger partial charge < -0.3 is 25.8 Å². The third-order valence-corrected chi connectivity index (χ3v) is 5.32. The third-order valence-electron chi connectivity index (χ3n) is 5.32. The topological polar surface area (TPSA) is 95.0 Å². The van der Waals surface area contributed by atoms with E-state index in [1.54, 1.807) is 12.1 Å². The molecule has 4 N–H and O–H groups in total. The molecule has 0 aliphatic heterocycles. The third kappa shape index (κ3) is 7.24. The second-order valence-corrected chi connectivity index (χ2v) is 7.69. The predicted octanol–water partition coefficient (Wildman–Crippen LogP) is 2.91. The molecule has 2 unspecified atom stereocenters. The van der Waals surface area contributed by atoms with Crippen LogP contribution in [0.4, 0.5) is 0 Å². The zero-order valence-electron chi connectivity index (χ0n) is 17.2. The first kappa shape index (κ1) is 23.6. The number of phenolic OH excluding ortho intramolecular Hbond substituents is 1. The number of amides is 1. The van der Waals surface area contributed by atoms with Gasteiger partial charge in [-0.2, -0.15) is 0 Å². The van der Waals surface area contributed by atoms with E-state index in [2.05, 4.69) is 20.9 Å². The summed E-state index contributed by atoms with van der Waals surface area (Å²) in [5, 5.41) is 19.8. The summed E-state index contributed by atoms with van der Waals surface area (Å²) in [5.41, 5.74) is 0.904. The summed E-state index contributed by atoms with van der Waals surface area (Å²) in [6.07, 6.45) is 6.14. The monoisotopic (exact) mass is 516 g/mol. The van der Waals surface area contributed by atoms with Crippen LogP contribution in [0.2, 0.25) is 0 Å². The highest BCUT2D eigenvalue weighted by atomic mass is 127. The summed E-state index contributed by atoms with van der Waals surface area (Å²) < 4.78 is 5.08. The van der Waals surface area contributed by atoms with Gasteiger partial charge in [0.15, 0.2) is 17.5 Å². The lowest BCUT2D eigenvalue weighted by atomic mass is 9.85. The summed E-state index contributed by atoms with van der Waals surface area (Å²) in [7, 11) is 1.53. The minimum Gasteiger partial charge on any atom is -0.504 e. The maximum absolute atomic E-state index is 12.4. The number of halogens is 1. The van der Waals surface area contributed by atoms with E-state index in [1.807, 2.05) is 13.0 Å². The van der Waals surface area contributed by atoms with Crippen LogP contribution in [0.5, 0.6) is 11.5 Å². The van der Waals surface area contributed by atoms with Gasteiger partial charge in [-0.1, -0.05) is 12.5 Å². The maximum atomic E-state index is 12.4. The molecule has 7 nitrogen and oxygen atoms in total. The Morgan fingerprint density at radius 3 is 2.66 bits per heavy atom. The normalized spacial score (nSPS) is 21.7. The first-order valence-electron chi connectivity index (χ1n) is 10.3. The van der Waals surface area contributed by atoms with Gasteiger partial charge in [-0.15, -0.1) is 24.0 Å². The lowest BCUT2D eigenvalue weighted by Gasteiger charge is -2.30. The number of nitrogens with zero attached hydrogens (tertiary/aromatic N) is 1. The number of rotatable bonds is 7. The maximum Gasteiger partial charge on any atom is 0.223 e. The molecule has 29 heavy (non-hydrogen) atoms. The Hall–Kier alpha value is -1.71. The van der Waals surface area contributed by atoms with Crippen molar-refractivity contribution in [1.29, 1.82) is 0 Å². The van der Waals surface area contributed by atoms with E-state index in [0.29, 0.717) is 18.3 Å². The lowest BCUT2D eigenvalue weighted by Crippen LogP contribution is -2.47. The number of methoxy groups -OCH3 is 1. The Morgan fingerprint density at radius 1 is 1.21 bits per heavy atom. The molecule has 1 aromatic carbocycles. The Kier molecular flexibility index (Phi) is 9.32. The molecule has 2 saturated carbocycles. The number of nitrogens with one attached hydrogen (secondary N) is 3. The van der Waals surface area contributed by atoms with Crippen molar-refractivity contribution < 1.29 is 14.6 Å². The number of carbonyl (C=O) groups excluding carboxylic acids is 1. The van der Waals surface area contributed by atoms with E-state index in [1.165, 1.54) is 7.11 Å². The quantitative estimate of drug-likeness (QED) is 0.254. The fourth-order valence-corrected chi connectivity index (χ4v) is 3.62. The van der Waals surface area contributed by atoms with E-state index in [4.69, 9.17) is 4.74 Å². The second-order valence-electron chi connectivity index (χ2n) is 7.69. The van der Waals surface area contributed by atoms with E-state index >= 15 is 0 Å². The minimum atomic E-state index is 0. The number of ether oxygens (including phenoxy) is 1. The molecule has 3 rings (SSSR count). The van der Waals surface area contributed by atoms with Crippen molar-refractivity contribution in [3.63, 3.8) is 0 Å². The number of aromatic hydroxyl groups is 1. The summed E-state index contributed by atoms with van der Waals surface area (Å²) in [6, 6.07) is 5.96. The van der Waals surface area contributed by atoms with E-state index in [9.17, 15) is 9.90 Å². The number of carbonyl (C=O) groups is 1. The number of hydrogen-bond donors (Lipinski definition) is 4. The van der Waals surface area contributed by atoms with E-state index < -0.39 is 0 Å². The summed E-state index contributed by atoms with van der Waals surface area (Å²) in [6.45, 7) is 3.24. The lowest BCUT2D eigenvalue weighted by molar-refractivity contribution is -0.126. The Bertz CT molecular complexity index is 709. The number of phenols is 1. The van der Waals surface area contributed by atoms with Crippen LogP contribution in [0, 0.1) is 5.92 Å². The summed E-state index contributed by atoms with van der Waals surface area (Å²) >= 11 is 0. The SMILES string of the molecule is CCNC(=NCc1ccc(OC)c(O)c1)NC1CCCC(C(=O)NC2CC2)C1.I. The molecule has 2 aliphatic carbocycles. The molecule has 1 amide bonds. The molecule has 162 valence electrons. The smallest absolute Gasteiger partial charge is 0.223 e. The van der Waals surface area contributed by atoms with Crippen molar-refractivity contribution in [3.05, 3.63) is 23.8 Å². The first-order valence-corrected chi connectivity index (χ1v) is 10.3. The van der Waals surface area contributed by atoms with Crippen LogP contribution < -0.4 is 20.7 Å². The zero-order chi connectivity index (χ0) is 19.9. The van der Waals surface area contributed by atoms with Crippen molar-refractivity contribution in [1.82, 2.24) is 16.0 Å². The van der Waals surface area contributed by atoms with Gasteiger partial charge in [0.05, 0.1) is 13.7 Å². The molecule has 1 aromatic rings. The van der Waals surface area contributed by atoms with Gasteiger partial charge in [0.1, 0.15) is 0 Å². The molecule has 2 atom stereocenters. The van der Waals surface area contributed by atoms with E-state index in [0.717, 1.165) is 56.6 Å². The van der Waals surface area contributed by atoms with Gasteiger partial charge in [-0.05, 0) is 56.7 Å². The van der Waals surface area contributed by atoms with Crippen LogP contribution in [0.3, 0.4) is 0 Å². The van der Waals surface area contributed by atoms with Crippen molar-refractivity contribution >= 4 is 35.8 Å². The van der Waals surface area contributed by atoms with Crippen molar-refractivity contribution in [2.75, 3.05) is 13.7 Å². The number of benzene rings is 1. The zero-order valence-corrected chi connectivity index (χ0v) is 19.6. The highest BCUT2D eigenvalue weighted by molar-refractivity contribution is 14.0. The fourth-order valence-electron chi connectivity index (χ4n) is 3.62. The second kappa shape index (κ2) is 11.5. The highest BCUT2D eigenvalue weighted by Gasteiger charge is 2.31. The predicted molar refractivity (Wildman–Crippen MR) is 125 cm³/mol. The van der Waals surface area contributed by atoms with Crippen LogP contribution in [0.25, 0.3) is 0 Å². The van der Waals surface area contributed by atoms with Gasteiger partial charge in [0.25, 0.3) is 0 Å². The number of guanidine groups is 1. The van der Waals surface area contributed by atoms with Crippen molar-refractivity contribution in [3.8, 4) is 11.5 Å². The fraction of sp³-hybridized carbons (Fsp3) is 0.619. The molecule has 0 bridgehead atoms. The van der Waals surface area contributed by atoms with Crippen LogP contribution in [0.15, 0.2) is 23.2 Å². The Balaban J connectivity index is 0.00000300. The average Bonchev–Trinajstić information content (AvgIpc) is 3.50. The molecule has 0 saturated heterocycles. The number of hydrogen-bond acceptors (Lipinski definition) is 4. The Morgan fingerprint density at radius 2 is 2.00 bits per heavy atom. The summed E-state index contributed by atoms with van der Waals surface area (Å²) in [4.78, 5) is 17.0. The molecule has 0 aromatic heterocycles. The molecule has 2 aliphatic rings. The van der Waals surface area contributed by atoms with Crippen LogP contribution in [0.1, 0.15) is 51.0 Å². The summed E-state index contributed by atoms with van der Waals surface area (Å²) in [5.74, 6) is 1.62. The van der Waals surface area contributed by atoms with Crippen LogP contribution >= 0.6 is 24.0 Å². The van der Waals surface area contributed by atoms with E-state index in [-0.39, 0.29) is 47.6 Å². The van der Waals surface area contributed by atoms with Crippen molar-refractivity contribution in [2.45, 2.75) is 64.1 Å². The number of aliphatic imine (C=N–C) groups is 1. The van der Waals surface area contributed by atoms with Crippen LogP contribution in [-0.2, 0) is 11.3 Å². The molecular formula is C21H33IN4O3. The van der Waals surface area contributed by atoms with Gasteiger partial charge in [0.2, 0.25) is 5.91 Å². The van der Waals surface area contributed by atoms with Crippen LogP contribution in [-0.4, -0.2) is 42.7 Å². The molecule has 2 fully saturated rings. The molecule has 8 heteroatoms. The largest absolute Gasteiger partial charge is 0.504 e. The highest BCUT2D eigenvalue weighted by Crippen LogP contribution is 2.27. The Labute approximate surface area is 190 Å². The molecule has 0 heterocycles. The molecule has 0 spiro atoms. The first-order chi connectivity index (χ1) is 13.6. The molecule has 0 radical (unpaired) electrons. The standard InChI is InChI=1S/C21H32N4O3.HI/c1-3-22-21(23-13-14-7-10-19(28-2)18(26)11-14)25-17-6-4-5-15(12-17)20(27)24-16-8-9-16;/h7,10-11,15-17,26H,3-6,8-9,12-13H2,1-2H3,(H,24,27)(H2,22,23,25);1H. The minimum absolute atomic E-state index is 0. The van der Waals surface area contributed by atoms with Gasteiger partial charge in [-0.3, -0.25) is 4.79 Å². The van der Waals surface area contributed by atoms with Gasteiger partial charge in [0, 0.05) is 24.5 Å². The van der Waals surface area contributed by atoms with Crippen molar-refractivity contribution in [2.24, 2.45) is 10.9 Å². The average molecular weight is 516 g/mol.